The highest BCUT2D eigenvalue weighted by Crippen LogP contribution is 2.20. The average molecular weight is 351 g/mol. The number of hydrazine groups is 1. The predicted molar refractivity (Wildman–Crippen MR) is 111 cm³/mol. The maximum atomic E-state index is 3.40. The summed E-state index contributed by atoms with van der Waals surface area (Å²) in [6.07, 6.45) is 4.51. The van der Waals surface area contributed by atoms with Crippen molar-refractivity contribution >= 4 is 6.08 Å². The first-order valence-electron chi connectivity index (χ1n) is 9.41. The van der Waals surface area contributed by atoms with Gasteiger partial charge in [-0.3, -0.25) is 10.9 Å². The maximum Gasteiger partial charge on any atom is 0.0449 e. The zero-order valence-corrected chi connectivity index (χ0v) is 15.8. The summed E-state index contributed by atoms with van der Waals surface area (Å²) < 4.78 is 0. The van der Waals surface area contributed by atoms with E-state index < -0.39 is 0 Å². The fourth-order valence-corrected chi connectivity index (χ4v) is 3.36. The zero-order chi connectivity index (χ0) is 18.2. The molecule has 0 amide bonds. The molecule has 0 saturated carbocycles. The highest BCUT2D eigenvalue weighted by atomic mass is 15.4. The normalized spacial score (nSPS) is 20.3. The second kappa shape index (κ2) is 9.64. The van der Waals surface area contributed by atoms with Crippen LogP contribution in [0.25, 0.3) is 17.2 Å². The number of benzene rings is 2. The summed E-state index contributed by atoms with van der Waals surface area (Å²) in [7, 11) is 4.19. The fourth-order valence-electron chi connectivity index (χ4n) is 3.36. The molecule has 1 aliphatic heterocycles. The van der Waals surface area contributed by atoms with Crippen LogP contribution in [0.15, 0.2) is 60.7 Å². The van der Waals surface area contributed by atoms with Crippen molar-refractivity contribution in [2.75, 3.05) is 40.3 Å². The van der Waals surface area contributed by atoms with Gasteiger partial charge >= 0.3 is 0 Å². The predicted octanol–water partition coefficient (Wildman–Crippen LogP) is 2.61. The van der Waals surface area contributed by atoms with E-state index in [1.54, 1.807) is 0 Å². The Morgan fingerprint density at radius 1 is 1.08 bits per heavy atom. The van der Waals surface area contributed by atoms with Crippen LogP contribution in [0.1, 0.15) is 5.56 Å². The smallest absolute Gasteiger partial charge is 0.0449 e. The van der Waals surface area contributed by atoms with Gasteiger partial charge in [0.1, 0.15) is 0 Å². The first-order valence-corrected chi connectivity index (χ1v) is 9.41. The van der Waals surface area contributed by atoms with E-state index in [0.717, 1.165) is 26.2 Å². The van der Waals surface area contributed by atoms with Crippen molar-refractivity contribution < 1.29 is 0 Å². The van der Waals surface area contributed by atoms with Gasteiger partial charge in [-0.1, -0.05) is 66.7 Å². The van der Waals surface area contributed by atoms with Crippen LogP contribution >= 0.6 is 0 Å². The van der Waals surface area contributed by atoms with E-state index in [4.69, 9.17) is 0 Å². The number of nitrogens with one attached hydrogen (secondary N) is 3. The number of hydrogen-bond acceptors (Lipinski definition) is 4. The molecule has 2 aromatic carbocycles. The Hall–Kier alpha value is -1.98. The molecule has 2 unspecified atom stereocenters. The lowest BCUT2D eigenvalue weighted by Crippen LogP contribution is -2.36. The van der Waals surface area contributed by atoms with Crippen LogP contribution in [0.4, 0.5) is 0 Å². The molecule has 1 fully saturated rings. The van der Waals surface area contributed by atoms with Crippen molar-refractivity contribution in [1.29, 1.82) is 0 Å². The van der Waals surface area contributed by atoms with E-state index >= 15 is 0 Å². The molecular formula is C22H30N4. The lowest BCUT2D eigenvalue weighted by Gasteiger charge is -2.22. The summed E-state index contributed by atoms with van der Waals surface area (Å²) in [5.74, 6) is 0.580. The van der Waals surface area contributed by atoms with Crippen LogP contribution in [0.3, 0.4) is 0 Å². The van der Waals surface area contributed by atoms with Gasteiger partial charge in [0.15, 0.2) is 0 Å². The number of hydrogen-bond donors (Lipinski definition) is 3. The Bertz CT molecular complexity index is 681. The Labute approximate surface area is 157 Å². The van der Waals surface area contributed by atoms with E-state index in [9.17, 15) is 0 Å². The molecule has 0 bridgehead atoms. The molecule has 1 heterocycles. The van der Waals surface area contributed by atoms with Crippen molar-refractivity contribution in [3.8, 4) is 11.1 Å². The summed E-state index contributed by atoms with van der Waals surface area (Å²) >= 11 is 0. The lowest BCUT2D eigenvalue weighted by molar-refractivity contribution is 0.281. The second-order valence-corrected chi connectivity index (χ2v) is 7.02. The quantitative estimate of drug-likeness (QED) is 0.684. The molecule has 1 aliphatic rings. The highest BCUT2D eigenvalue weighted by molar-refractivity contribution is 5.65. The largest absolute Gasteiger partial charge is 0.318 e. The summed E-state index contributed by atoms with van der Waals surface area (Å²) in [6, 6.07) is 19.6. The SMILES string of the molecule is CNCCN(C)CC1CNNC1/C=C/c1ccc(-c2ccccc2)cc1. The van der Waals surface area contributed by atoms with Crippen molar-refractivity contribution in [3.05, 3.63) is 66.2 Å². The first-order chi connectivity index (χ1) is 12.8. The maximum absolute atomic E-state index is 3.40. The van der Waals surface area contributed by atoms with E-state index in [0.29, 0.717) is 12.0 Å². The number of likely N-dealkylation sites (N-methyl/N-ethyl adjacent to an activating group) is 2. The zero-order valence-electron chi connectivity index (χ0n) is 15.8. The van der Waals surface area contributed by atoms with Crippen molar-refractivity contribution in [2.45, 2.75) is 6.04 Å². The minimum atomic E-state index is 0.362. The molecule has 3 rings (SSSR count). The van der Waals surface area contributed by atoms with Crippen molar-refractivity contribution in [2.24, 2.45) is 5.92 Å². The molecule has 4 heteroatoms. The van der Waals surface area contributed by atoms with Gasteiger partial charge in [0.2, 0.25) is 0 Å². The second-order valence-electron chi connectivity index (χ2n) is 7.02. The molecule has 0 spiro atoms. The summed E-state index contributed by atoms with van der Waals surface area (Å²) in [5.41, 5.74) is 10.5. The molecule has 1 saturated heterocycles. The first kappa shape index (κ1) is 18.8. The Kier molecular flexibility index (Phi) is 6.97. The van der Waals surface area contributed by atoms with Gasteiger partial charge < -0.3 is 10.2 Å². The third-order valence-corrected chi connectivity index (χ3v) is 4.94. The summed E-state index contributed by atoms with van der Waals surface area (Å²) in [6.45, 7) is 4.19. The minimum absolute atomic E-state index is 0.362. The third kappa shape index (κ3) is 5.26. The molecule has 26 heavy (non-hydrogen) atoms. The van der Waals surface area contributed by atoms with Crippen LogP contribution in [-0.4, -0.2) is 51.2 Å². The van der Waals surface area contributed by atoms with E-state index in [1.165, 1.54) is 16.7 Å². The van der Waals surface area contributed by atoms with Crippen LogP contribution < -0.4 is 16.2 Å². The standard InChI is InChI=1S/C22H30N4/c1-23-14-15-26(2)17-21-16-24-25-22(21)13-10-18-8-11-20(12-9-18)19-6-4-3-5-7-19/h3-13,21-25H,14-17H2,1-2H3/b13-10+. The average Bonchev–Trinajstić information content (AvgIpc) is 3.12. The van der Waals surface area contributed by atoms with Crippen LogP contribution in [0, 0.1) is 5.92 Å². The Balaban J connectivity index is 1.58. The molecule has 2 atom stereocenters. The molecule has 0 radical (unpaired) electrons. The number of rotatable bonds is 8. The van der Waals surface area contributed by atoms with Crippen molar-refractivity contribution in [1.82, 2.24) is 21.1 Å². The summed E-state index contributed by atoms with van der Waals surface area (Å²) in [4.78, 5) is 2.39. The van der Waals surface area contributed by atoms with Gasteiger partial charge in [-0.2, -0.15) is 0 Å². The fraction of sp³-hybridized carbons (Fsp3) is 0.364. The van der Waals surface area contributed by atoms with Crippen molar-refractivity contribution in [3.63, 3.8) is 0 Å². The van der Waals surface area contributed by atoms with Crippen LogP contribution in [0.2, 0.25) is 0 Å². The van der Waals surface area contributed by atoms with E-state index in [-0.39, 0.29) is 0 Å². The van der Waals surface area contributed by atoms with E-state index in [2.05, 4.69) is 94.9 Å². The Morgan fingerprint density at radius 2 is 1.81 bits per heavy atom. The van der Waals surface area contributed by atoms with Gasteiger partial charge in [-0.05, 0) is 30.8 Å². The number of nitrogens with zero attached hydrogens (tertiary/aromatic N) is 1. The molecule has 4 nitrogen and oxygen atoms in total. The van der Waals surface area contributed by atoms with Gasteiger partial charge in [0.25, 0.3) is 0 Å². The topological polar surface area (TPSA) is 39.3 Å². The monoisotopic (exact) mass is 350 g/mol. The van der Waals surface area contributed by atoms with Gasteiger partial charge in [0, 0.05) is 38.1 Å². The van der Waals surface area contributed by atoms with E-state index in [1.807, 2.05) is 7.05 Å². The molecule has 2 aromatic rings. The molecular weight excluding hydrogens is 320 g/mol. The third-order valence-electron chi connectivity index (χ3n) is 4.94. The lowest BCUT2D eigenvalue weighted by atomic mass is 9.99. The summed E-state index contributed by atoms with van der Waals surface area (Å²) in [5, 5.41) is 3.21. The van der Waals surface area contributed by atoms with Crippen LogP contribution in [-0.2, 0) is 0 Å². The molecule has 0 aromatic heterocycles. The van der Waals surface area contributed by atoms with Gasteiger partial charge in [0.05, 0.1) is 0 Å². The molecule has 3 N–H and O–H groups in total. The molecule has 0 aliphatic carbocycles. The van der Waals surface area contributed by atoms with Crippen LogP contribution in [0.5, 0.6) is 0 Å². The highest BCUT2D eigenvalue weighted by Gasteiger charge is 2.25. The molecule has 138 valence electrons. The van der Waals surface area contributed by atoms with Gasteiger partial charge in [-0.15, -0.1) is 0 Å². The minimum Gasteiger partial charge on any atom is -0.318 e. The Morgan fingerprint density at radius 3 is 2.54 bits per heavy atom. The van der Waals surface area contributed by atoms with Gasteiger partial charge in [-0.25, -0.2) is 0 Å².